The van der Waals surface area contributed by atoms with E-state index in [1.165, 1.54) is 18.6 Å². The smallest absolute Gasteiger partial charge is 0.267 e. The Bertz CT molecular complexity index is 344. The second-order valence-electron chi connectivity index (χ2n) is 3.69. The monoisotopic (exact) mass is 225 g/mol. The Balaban J connectivity index is 1.81. The van der Waals surface area contributed by atoms with Gasteiger partial charge in [0.15, 0.2) is 0 Å². The molecule has 82 valence electrons. The van der Waals surface area contributed by atoms with Crippen LogP contribution in [-0.2, 0) is 0 Å². The average Bonchev–Trinajstić information content (AvgIpc) is 2.84. The molecule has 0 radical (unpaired) electrons. The van der Waals surface area contributed by atoms with Crippen molar-refractivity contribution in [3.8, 4) is 0 Å². The number of amides is 1. The van der Waals surface area contributed by atoms with Crippen LogP contribution in [0.1, 0.15) is 23.3 Å². The number of rotatable bonds is 3. The maximum atomic E-state index is 11.6. The number of nitrogen functional groups attached to an aromatic ring is 1. The Morgan fingerprint density at radius 2 is 2.60 bits per heavy atom. The first kappa shape index (κ1) is 10.4. The van der Waals surface area contributed by atoms with Gasteiger partial charge in [-0.2, -0.15) is 11.8 Å². The first-order valence-corrected chi connectivity index (χ1v) is 6.14. The maximum absolute atomic E-state index is 11.6. The summed E-state index contributed by atoms with van der Waals surface area (Å²) in [5, 5.41) is 3.49. The van der Waals surface area contributed by atoms with E-state index in [4.69, 9.17) is 5.73 Å². The quantitative estimate of drug-likeness (QED) is 0.724. The topological polar surface area (TPSA) is 70.9 Å². The second kappa shape index (κ2) is 4.61. The Labute approximate surface area is 93.0 Å². The number of nitrogens with one attached hydrogen (secondary N) is 2. The fourth-order valence-electron chi connectivity index (χ4n) is 1.65. The van der Waals surface area contributed by atoms with Gasteiger partial charge in [-0.05, 0) is 24.7 Å². The van der Waals surface area contributed by atoms with Gasteiger partial charge in [-0.3, -0.25) is 4.79 Å². The molecule has 4 nitrogen and oxygen atoms in total. The van der Waals surface area contributed by atoms with E-state index in [2.05, 4.69) is 10.3 Å². The van der Waals surface area contributed by atoms with Crippen molar-refractivity contribution in [3.05, 3.63) is 18.0 Å². The molecule has 1 aliphatic heterocycles. The molecule has 1 unspecified atom stereocenters. The zero-order valence-corrected chi connectivity index (χ0v) is 9.27. The fraction of sp³-hybridized carbons (Fsp3) is 0.500. The highest BCUT2D eigenvalue weighted by molar-refractivity contribution is 8.00. The summed E-state index contributed by atoms with van der Waals surface area (Å²) >= 11 is 1.94. The summed E-state index contributed by atoms with van der Waals surface area (Å²) in [6.07, 6.45) is 4.09. The molecule has 0 aromatic carbocycles. The van der Waals surface area contributed by atoms with Gasteiger partial charge in [0.05, 0.1) is 0 Å². The zero-order valence-electron chi connectivity index (χ0n) is 8.45. The highest BCUT2D eigenvalue weighted by Gasteiger charge is 2.16. The van der Waals surface area contributed by atoms with Crippen LogP contribution >= 0.6 is 11.8 Å². The first-order valence-electron chi connectivity index (χ1n) is 5.09. The minimum absolute atomic E-state index is 0.0702. The minimum Gasteiger partial charge on any atom is -0.397 e. The van der Waals surface area contributed by atoms with E-state index in [-0.39, 0.29) is 5.91 Å². The number of aromatic amines is 1. The van der Waals surface area contributed by atoms with Gasteiger partial charge < -0.3 is 16.0 Å². The van der Waals surface area contributed by atoms with Crippen molar-refractivity contribution in [2.75, 3.05) is 18.0 Å². The lowest BCUT2D eigenvalue weighted by atomic mass is 10.2. The summed E-state index contributed by atoms with van der Waals surface area (Å²) in [6.45, 7) is 0.752. The molecular weight excluding hydrogens is 210 g/mol. The molecule has 1 aliphatic rings. The lowest BCUT2D eigenvalue weighted by molar-refractivity contribution is 0.0949. The van der Waals surface area contributed by atoms with Crippen molar-refractivity contribution >= 4 is 23.4 Å². The molecule has 0 saturated carbocycles. The van der Waals surface area contributed by atoms with Crippen LogP contribution in [0.3, 0.4) is 0 Å². The molecule has 1 aromatic heterocycles. The molecule has 5 heteroatoms. The molecule has 1 aromatic rings. The highest BCUT2D eigenvalue weighted by atomic mass is 32.2. The Kier molecular flexibility index (Phi) is 3.20. The van der Waals surface area contributed by atoms with Crippen LogP contribution in [0.5, 0.6) is 0 Å². The van der Waals surface area contributed by atoms with Crippen LogP contribution in [0.25, 0.3) is 0 Å². The van der Waals surface area contributed by atoms with Crippen LogP contribution in [0.4, 0.5) is 5.69 Å². The molecule has 2 heterocycles. The SMILES string of the molecule is Nc1c[nH]c(C(=O)NCC2CCCS2)c1. The molecule has 0 aliphatic carbocycles. The number of H-pyrrole nitrogens is 1. The number of anilines is 1. The van der Waals surface area contributed by atoms with Crippen molar-refractivity contribution in [1.82, 2.24) is 10.3 Å². The summed E-state index contributed by atoms with van der Waals surface area (Å²) in [5.74, 6) is 1.15. The molecular formula is C10H15N3OS. The summed E-state index contributed by atoms with van der Waals surface area (Å²) in [4.78, 5) is 14.4. The van der Waals surface area contributed by atoms with Crippen molar-refractivity contribution in [2.24, 2.45) is 0 Å². The second-order valence-corrected chi connectivity index (χ2v) is 5.10. The van der Waals surface area contributed by atoms with E-state index < -0.39 is 0 Å². The Hall–Kier alpha value is -1.10. The molecule has 4 N–H and O–H groups in total. The van der Waals surface area contributed by atoms with Crippen LogP contribution in [0.2, 0.25) is 0 Å². The van der Waals surface area contributed by atoms with E-state index in [1.807, 2.05) is 11.8 Å². The third-order valence-electron chi connectivity index (χ3n) is 2.46. The summed E-state index contributed by atoms with van der Waals surface area (Å²) in [5.41, 5.74) is 6.65. The zero-order chi connectivity index (χ0) is 10.7. The van der Waals surface area contributed by atoms with Crippen molar-refractivity contribution in [1.29, 1.82) is 0 Å². The molecule has 1 amide bonds. The predicted octanol–water partition coefficient (Wildman–Crippen LogP) is 1.22. The average molecular weight is 225 g/mol. The number of hydrogen-bond acceptors (Lipinski definition) is 3. The summed E-state index contributed by atoms with van der Waals surface area (Å²) in [6, 6.07) is 1.65. The van der Waals surface area contributed by atoms with Gasteiger partial charge in [-0.15, -0.1) is 0 Å². The van der Waals surface area contributed by atoms with Crippen molar-refractivity contribution < 1.29 is 4.79 Å². The predicted molar refractivity (Wildman–Crippen MR) is 63.0 cm³/mol. The van der Waals surface area contributed by atoms with Crippen molar-refractivity contribution in [3.63, 3.8) is 0 Å². The lowest BCUT2D eigenvalue weighted by Gasteiger charge is -2.08. The van der Waals surface area contributed by atoms with E-state index in [1.54, 1.807) is 12.3 Å². The third kappa shape index (κ3) is 2.68. The van der Waals surface area contributed by atoms with Crippen LogP contribution < -0.4 is 11.1 Å². The van der Waals surface area contributed by atoms with Gasteiger partial charge in [0.1, 0.15) is 5.69 Å². The van der Waals surface area contributed by atoms with E-state index in [0.717, 1.165) is 6.54 Å². The van der Waals surface area contributed by atoms with Gasteiger partial charge in [0.25, 0.3) is 5.91 Å². The van der Waals surface area contributed by atoms with Gasteiger partial charge in [0.2, 0.25) is 0 Å². The van der Waals surface area contributed by atoms with Crippen LogP contribution in [0, 0.1) is 0 Å². The van der Waals surface area contributed by atoms with Gasteiger partial charge in [-0.1, -0.05) is 0 Å². The largest absolute Gasteiger partial charge is 0.397 e. The normalized spacial score (nSPS) is 20.4. The Morgan fingerprint density at radius 3 is 3.20 bits per heavy atom. The number of aromatic nitrogens is 1. The number of nitrogens with two attached hydrogens (primary N) is 1. The number of thioether (sulfide) groups is 1. The Morgan fingerprint density at radius 1 is 1.73 bits per heavy atom. The van der Waals surface area contributed by atoms with E-state index in [9.17, 15) is 4.79 Å². The number of carbonyl (C=O) groups is 1. The summed E-state index contributed by atoms with van der Waals surface area (Å²) in [7, 11) is 0. The van der Waals surface area contributed by atoms with E-state index in [0.29, 0.717) is 16.6 Å². The van der Waals surface area contributed by atoms with Gasteiger partial charge in [-0.25, -0.2) is 0 Å². The maximum Gasteiger partial charge on any atom is 0.267 e. The lowest BCUT2D eigenvalue weighted by Crippen LogP contribution is -2.29. The fourth-order valence-corrected chi connectivity index (χ4v) is 2.85. The van der Waals surface area contributed by atoms with Gasteiger partial charge >= 0.3 is 0 Å². The molecule has 0 spiro atoms. The molecule has 2 rings (SSSR count). The van der Waals surface area contributed by atoms with Gasteiger partial charge in [0, 0.05) is 23.7 Å². The standard InChI is InChI=1S/C10H15N3OS/c11-7-4-9(12-5-7)10(14)13-6-8-2-1-3-15-8/h4-5,8,12H,1-3,6,11H2,(H,13,14). The van der Waals surface area contributed by atoms with Crippen LogP contribution in [-0.4, -0.2) is 28.4 Å². The molecule has 1 saturated heterocycles. The number of carbonyl (C=O) groups excluding carboxylic acids is 1. The molecule has 15 heavy (non-hydrogen) atoms. The molecule has 1 fully saturated rings. The summed E-state index contributed by atoms with van der Waals surface area (Å²) < 4.78 is 0. The highest BCUT2D eigenvalue weighted by Crippen LogP contribution is 2.25. The van der Waals surface area contributed by atoms with Crippen molar-refractivity contribution in [2.45, 2.75) is 18.1 Å². The third-order valence-corrected chi connectivity index (χ3v) is 3.86. The van der Waals surface area contributed by atoms with E-state index >= 15 is 0 Å². The molecule has 0 bridgehead atoms. The van der Waals surface area contributed by atoms with Crippen LogP contribution in [0.15, 0.2) is 12.3 Å². The number of hydrogen-bond donors (Lipinski definition) is 3. The minimum atomic E-state index is -0.0702. The first-order chi connectivity index (χ1) is 7.25. The molecule has 1 atom stereocenters.